The van der Waals surface area contributed by atoms with Gasteiger partial charge in [-0.15, -0.1) is 10.2 Å². The molecule has 0 unspecified atom stereocenters. The van der Waals surface area contributed by atoms with E-state index in [1.165, 1.54) is 11.3 Å². The monoisotopic (exact) mass is 321 g/mol. The summed E-state index contributed by atoms with van der Waals surface area (Å²) < 4.78 is 0. The van der Waals surface area contributed by atoms with Crippen LogP contribution in [0.2, 0.25) is 10.0 Å². The van der Waals surface area contributed by atoms with Gasteiger partial charge in [-0.05, 0) is 31.2 Å². The Bertz CT molecular complexity index is 811. The highest BCUT2D eigenvalue weighted by atomic mass is 35.5. The van der Waals surface area contributed by atoms with Crippen LogP contribution in [0.5, 0.6) is 0 Å². The minimum Gasteiger partial charge on any atom is -0.254 e. The smallest absolute Gasteiger partial charge is 0.140 e. The van der Waals surface area contributed by atoms with Crippen LogP contribution in [0.1, 0.15) is 15.6 Å². The van der Waals surface area contributed by atoms with Gasteiger partial charge >= 0.3 is 0 Å². The molecule has 20 heavy (non-hydrogen) atoms. The molecule has 1 aromatic carbocycles. The largest absolute Gasteiger partial charge is 0.254 e. The number of rotatable bonds is 2. The number of pyridine rings is 1. The predicted octanol–water partition coefficient (Wildman–Crippen LogP) is 4.87. The van der Waals surface area contributed by atoms with Crippen LogP contribution in [-0.2, 0) is 0 Å². The first-order valence-electron chi connectivity index (χ1n) is 5.85. The average molecular weight is 322 g/mol. The Morgan fingerprint density at radius 1 is 1.15 bits per heavy atom. The van der Waals surface area contributed by atoms with Crippen molar-refractivity contribution in [3.8, 4) is 0 Å². The van der Waals surface area contributed by atoms with Crippen LogP contribution in [-0.4, -0.2) is 15.2 Å². The third-order valence-electron chi connectivity index (χ3n) is 2.74. The lowest BCUT2D eigenvalue weighted by Crippen LogP contribution is -1.85. The number of aromatic nitrogens is 3. The molecule has 0 radical (unpaired) electrons. The maximum Gasteiger partial charge on any atom is 0.140 e. The van der Waals surface area contributed by atoms with Gasteiger partial charge in [-0.1, -0.05) is 40.6 Å². The van der Waals surface area contributed by atoms with Crippen LogP contribution in [0.4, 0.5) is 0 Å². The predicted molar refractivity (Wildman–Crippen MR) is 85.3 cm³/mol. The molecule has 0 atom stereocenters. The van der Waals surface area contributed by atoms with E-state index in [1.54, 1.807) is 6.20 Å². The van der Waals surface area contributed by atoms with Crippen LogP contribution >= 0.6 is 34.5 Å². The molecule has 0 saturated heterocycles. The fourth-order valence-corrected chi connectivity index (χ4v) is 2.85. The minimum absolute atomic E-state index is 0.606. The van der Waals surface area contributed by atoms with Crippen LogP contribution in [0.3, 0.4) is 0 Å². The molecule has 3 nitrogen and oxygen atoms in total. The summed E-state index contributed by atoms with van der Waals surface area (Å²) in [6.45, 7) is 1.92. The van der Waals surface area contributed by atoms with Crippen LogP contribution in [0.15, 0.2) is 24.4 Å². The molecule has 0 fully saturated rings. The fourth-order valence-electron chi connectivity index (χ4n) is 1.87. The van der Waals surface area contributed by atoms with Crippen molar-refractivity contribution in [3.63, 3.8) is 0 Å². The van der Waals surface area contributed by atoms with E-state index in [0.717, 1.165) is 26.5 Å². The Morgan fingerprint density at radius 2 is 2.00 bits per heavy atom. The summed E-state index contributed by atoms with van der Waals surface area (Å²) in [5.41, 5.74) is 1.67. The number of halogens is 2. The highest BCUT2D eigenvalue weighted by molar-refractivity contribution is 7.12. The first-order chi connectivity index (χ1) is 9.63. The summed E-state index contributed by atoms with van der Waals surface area (Å²) in [5.74, 6) is 0. The molecule has 0 N–H and O–H groups in total. The highest BCUT2D eigenvalue weighted by Crippen LogP contribution is 2.28. The molecule has 0 aliphatic heterocycles. The van der Waals surface area contributed by atoms with E-state index >= 15 is 0 Å². The Morgan fingerprint density at radius 3 is 2.75 bits per heavy atom. The van der Waals surface area contributed by atoms with Crippen molar-refractivity contribution in [1.29, 1.82) is 0 Å². The summed E-state index contributed by atoms with van der Waals surface area (Å²) >= 11 is 13.7. The molecule has 0 bridgehead atoms. The zero-order valence-corrected chi connectivity index (χ0v) is 12.8. The number of fused-ring (bicyclic) bond motifs is 1. The van der Waals surface area contributed by atoms with Gasteiger partial charge in [-0.2, -0.15) is 0 Å². The van der Waals surface area contributed by atoms with E-state index in [1.807, 2.05) is 37.3 Å². The summed E-state index contributed by atoms with van der Waals surface area (Å²) in [7, 11) is 0. The lowest BCUT2D eigenvalue weighted by molar-refractivity contribution is 1.04. The van der Waals surface area contributed by atoms with Crippen molar-refractivity contribution in [3.05, 3.63) is 50.0 Å². The van der Waals surface area contributed by atoms with Crippen molar-refractivity contribution in [2.45, 2.75) is 6.92 Å². The van der Waals surface area contributed by atoms with Gasteiger partial charge in [-0.3, -0.25) is 4.98 Å². The number of aryl methyl sites for hydroxylation is 1. The van der Waals surface area contributed by atoms with Crippen molar-refractivity contribution in [2.24, 2.45) is 0 Å². The SMILES string of the molecule is Cc1nnc(C=Cc2c(Cl)ccc3cc(Cl)cnc23)s1. The van der Waals surface area contributed by atoms with E-state index in [9.17, 15) is 0 Å². The second-order valence-electron chi connectivity index (χ2n) is 4.18. The molecule has 2 aromatic heterocycles. The Hall–Kier alpha value is -1.49. The van der Waals surface area contributed by atoms with Gasteiger partial charge in [0.1, 0.15) is 10.0 Å². The van der Waals surface area contributed by atoms with Crippen molar-refractivity contribution < 1.29 is 0 Å². The number of hydrogen-bond acceptors (Lipinski definition) is 4. The molecule has 2 heterocycles. The standard InChI is InChI=1S/C14H9Cl2N3S/c1-8-18-19-13(20-8)5-3-11-12(16)4-2-9-6-10(15)7-17-14(9)11/h2-7H,1H3. The van der Waals surface area contributed by atoms with Crippen molar-refractivity contribution in [2.75, 3.05) is 0 Å². The Labute approximate surface area is 129 Å². The lowest BCUT2D eigenvalue weighted by Gasteiger charge is -2.04. The number of benzene rings is 1. The summed E-state index contributed by atoms with van der Waals surface area (Å²) in [6, 6.07) is 5.61. The van der Waals surface area contributed by atoms with Crippen molar-refractivity contribution >= 4 is 57.6 Å². The number of hydrogen-bond donors (Lipinski definition) is 0. The van der Waals surface area contributed by atoms with Crippen LogP contribution < -0.4 is 0 Å². The molecule has 6 heteroatoms. The van der Waals surface area contributed by atoms with E-state index in [-0.39, 0.29) is 0 Å². The molecule has 0 aliphatic carbocycles. The normalized spacial score (nSPS) is 11.6. The van der Waals surface area contributed by atoms with Gasteiger partial charge in [-0.25, -0.2) is 0 Å². The second kappa shape index (κ2) is 5.48. The minimum atomic E-state index is 0.606. The molecule has 0 aliphatic rings. The first-order valence-corrected chi connectivity index (χ1v) is 7.43. The third-order valence-corrected chi connectivity index (χ3v) is 4.08. The number of nitrogens with zero attached hydrogens (tertiary/aromatic N) is 3. The molecule has 100 valence electrons. The molecular formula is C14H9Cl2N3S. The summed E-state index contributed by atoms with van der Waals surface area (Å²) in [5, 5.41) is 12.0. The van der Waals surface area contributed by atoms with Crippen molar-refractivity contribution in [1.82, 2.24) is 15.2 Å². The summed E-state index contributed by atoms with van der Waals surface area (Å²) in [4.78, 5) is 4.36. The first kappa shape index (κ1) is 13.5. The highest BCUT2D eigenvalue weighted by Gasteiger charge is 2.06. The topological polar surface area (TPSA) is 38.7 Å². The van der Waals surface area contributed by atoms with Gasteiger partial charge in [0.25, 0.3) is 0 Å². The van der Waals surface area contributed by atoms with Crippen LogP contribution in [0.25, 0.3) is 23.1 Å². The zero-order valence-electron chi connectivity index (χ0n) is 10.5. The van der Waals surface area contributed by atoms with E-state index in [2.05, 4.69) is 15.2 Å². The Balaban J connectivity index is 2.10. The van der Waals surface area contributed by atoms with Gasteiger partial charge in [0, 0.05) is 17.1 Å². The average Bonchev–Trinajstić information content (AvgIpc) is 2.83. The molecule has 3 aromatic rings. The molecule has 0 spiro atoms. The Kier molecular flexibility index (Phi) is 3.70. The molecule has 0 amide bonds. The fraction of sp³-hybridized carbons (Fsp3) is 0.0714. The van der Waals surface area contributed by atoms with E-state index in [0.29, 0.717) is 10.0 Å². The maximum atomic E-state index is 6.26. The second-order valence-corrected chi connectivity index (χ2v) is 6.24. The van der Waals surface area contributed by atoms with Gasteiger partial charge in [0.15, 0.2) is 0 Å². The third kappa shape index (κ3) is 2.68. The molecule has 0 saturated carbocycles. The van der Waals surface area contributed by atoms with Gasteiger partial charge in [0.2, 0.25) is 0 Å². The maximum absolute atomic E-state index is 6.26. The van der Waals surface area contributed by atoms with Gasteiger partial charge in [0.05, 0.1) is 15.6 Å². The van der Waals surface area contributed by atoms with E-state index < -0.39 is 0 Å². The molecular weight excluding hydrogens is 313 g/mol. The lowest BCUT2D eigenvalue weighted by atomic mass is 10.1. The van der Waals surface area contributed by atoms with Gasteiger partial charge < -0.3 is 0 Å². The van der Waals surface area contributed by atoms with Crippen LogP contribution in [0, 0.1) is 6.92 Å². The van der Waals surface area contributed by atoms with E-state index in [4.69, 9.17) is 23.2 Å². The molecule has 3 rings (SSSR count). The zero-order chi connectivity index (χ0) is 14.1. The quantitative estimate of drug-likeness (QED) is 0.675. The summed E-state index contributed by atoms with van der Waals surface area (Å²) in [6.07, 6.45) is 5.42.